The summed E-state index contributed by atoms with van der Waals surface area (Å²) in [6.45, 7) is 0. The van der Waals surface area contributed by atoms with Crippen LogP contribution >= 0.6 is 24.0 Å². The first-order chi connectivity index (χ1) is 8.11. The van der Waals surface area contributed by atoms with E-state index in [1.165, 1.54) is 0 Å². The maximum absolute atomic E-state index is 10.2. The molecule has 0 spiro atoms. The van der Waals surface area contributed by atoms with E-state index in [0.29, 0.717) is 5.56 Å². The van der Waals surface area contributed by atoms with Crippen molar-refractivity contribution in [3.8, 4) is 5.75 Å². The van der Waals surface area contributed by atoms with Crippen LogP contribution in [0.4, 0.5) is 0 Å². The Morgan fingerprint density at radius 3 is 2.50 bits per heavy atom. The molecule has 0 saturated heterocycles. The zero-order valence-corrected chi connectivity index (χ0v) is 11.6. The Balaban J connectivity index is 0.00000162. The van der Waals surface area contributed by atoms with Crippen molar-refractivity contribution in [1.82, 2.24) is 0 Å². The fourth-order valence-electron chi connectivity index (χ4n) is 2.58. The number of aromatic hydroxyl groups is 1. The van der Waals surface area contributed by atoms with E-state index < -0.39 is 12.1 Å². The Bertz CT molecular complexity index is 395. The molecular formula is C13H19Cl2NO2. The van der Waals surface area contributed by atoms with Gasteiger partial charge in [-0.2, -0.15) is 0 Å². The first-order valence-corrected chi connectivity index (χ1v) is 6.40. The number of aliphatic hydroxyl groups is 1. The second-order valence-electron chi connectivity index (χ2n) is 4.74. The Labute approximate surface area is 118 Å². The number of phenols is 1. The topological polar surface area (TPSA) is 66.5 Å². The SMILES string of the molecule is Cl.N[C@@H](c1cccc(Cl)c1O)[C@H](O)C1CCCC1. The second-order valence-corrected chi connectivity index (χ2v) is 5.15. The van der Waals surface area contributed by atoms with Crippen LogP contribution in [-0.4, -0.2) is 16.3 Å². The highest BCUT2D eigenvalue weighted by molar-refractivity contribution is 6.32. The van der Waals surface area contributed by atoms with Crippen molar-refractivity contribution in [2.75, 3.05) is 0 Å². The number of para-hydroxylation sites is 1. The largest absolute Gasteiger partial charge is 0.506 e. The molecule has 0 heterocycles. The number of phenolic OH excluding ortho intramolecular Hbond substituents is 1. The van der Waals surface area contributed by atoms with E-state index in [1.54, 1.807) is 18.2 Å². The normalized spacial score (nSPS) is 19.3. The average molecular weight is 292 g/mol. The standard InChI is InChI=1S/C13H18ClNO2.ClH/c14-10-7-3-6-9(13(10)17)11(15)12(16)8-4-1-2-5-8;/h3,6-8,11-12,16-17H,1-2,4-5,15H2;1H/t11-,12+;/m0./s1. The highest BCUT2D eigenvalue weighted by Gasteiger charge is 2.30. The van der Waals surface area contributed by atoms with Crippen molar-refractivity contribution in [1.29, 1.82) is 0 Å². The molecule has 0 radical (unpaired) electrons. The lowest BCUT2D eigenvalue weighted by Gasteiger charge is -2.25. The quantitative estimate of drug-likeness (QED) is 0.802. The van der Waals surface area contributed by atoms with Gasteiger partial charge >= 0.3 is 0 Å². The van der Waals surface area contributed by atoms with Crippen molar-refractivity contribution in [2.24, 2.45) is 11.7 Å². The molecule has 5 heteroatoms. The predicted octanol–water partition coefficient (Wildman–Crippen LogP) is 3.02. The molecule has 102 valence electrons. The molecule has 2 atom stereocenters. The van der Waals surface area contributed by atoms with Gasteiger partial charge in [0.1, 0.15) is 5.75 Å². The van der Waals surface area contributed by atoms with Gasteiger partial charge in [0, 0.05) is 5.56 Å². The summed E-state index contributed by atoms with van der Waals surface area (Å²) >= 11 is 5.84. The van der Waals surface area contributed by atoms with Crippen molar-refractivity contribution in [2.45, 2.75) is 37.8 Å². The summed E-state index contributed by atoms with van der Waals surface area (Å²) < 4.78 is 0. The minimum Gasteiger partial charge on any atom is -0.506 e. The Morgan fingerprint density at radius 2 is 1.89 bits per heavy atom. The zero-order valence-electron chi connectivity index (χ0n) is 10.1. The van der Waals surface area contributed by atoms with Crippen LogP contribution < -0.4 is 5.73 Å². The number of benzene rings is 1. The van der Waals surface area contributed by atoms with Crippen LogP contribution in [0.2, 0.25) is 5.02 Å². The predicted molar refractivity (Wildman–Crippen MR) is 75.3 cm³/mol. The van der Waals surface area contributed by atoms with Crippen molar-refractivity contribution >= 4 is 24.0 Å². The van der Waals surface area contributed by atoms with E-state index in [-0.39, 0.29) is 29.1 Å². The molecule has 18 heavy (non-hydrogen) atoms. The molecule has 1 aliphatic carbocycles. The maximum Gasteiger partial charge on any atom is 0.139 e. The Morgan fingerprint density at radius 1 is 1.28 bits per heavy atom. The van der Waals surface area contributed by atoms with Crippen LogP contribution in [0.25, 0.3) is 0 Å². The van der Waals surface area contributed by atoms with Crippen LogP contribution in [0.3, 0.4) is 0 Å². The molecule has 0 amide bonds. The summed E-state index contributed by atoms with van der Waals surface area (Å²) in [5.74, 6) is 0.224. The molecule has 0 aliphatic heterocycles. The number of halogens is 2. The van der Waals surface area contributed by atoms with Gasteiger partial charge in [-0.3, -0.25) is 0 Å². The van der Waals surface area contributed by atoms with Crippen LogP contribution in [0.5, 0.6) is 5.75 Å². The smallest absolute Gasteiger partial charge is 0.139 e. The lowest BCUT2D eigenvalue weighted by atomic mass is 9.90. The highest BCUT2D eigenvalue weighted by Crippen LogP contribution is 2.37. The molecule has 0 bridgehead atoms. The van der Waals surface area contributed by atoms with E-state index in [2.05, 4.69) is 0 Å². The van der Waals surface area contributed by atoms with Crippen LogP contribution in [0.1, 0.15) is 37.3 Å². The number of rotatable bonds is 3. The molecule has 1 aromatic rings. The third-order valence-electron chi connectivity index (χ3n) is 3.63. The molecule has 1 aromatic carbocycles. The summed E-state index contributed by atoms with van der Waals surface area (Å²) in [6.07, 6.45) is 3.71. The van der Waals surface area contributed by atoms with E-state index in [4.69, 9.17) is 17.3 Å². The van der Waals surface area contributed by atoms with Gasteiger partial charge in [0.2, 0.25) is 0 Å². The van der Waals surface area contributed by atoms with Crippen LogP contribution in [0.15, 0.2) is 18.2 Å². The zero-order chi connectivity index (χ0) is 12.4. The van der Waals surface area contributed by atoms with Gasteiger partial charge in [0.25, 0.3) is 0 Å². The molecule has 0 aromatic heterocycles. The van der Waals surface area contributed by atoms with Gasteiger partial charge in [0.15, 0.2) is 0 Å². The van der Waals surface area contributed by atoms with Crippen molar-refractivity contribution in [3.05, 3.63) is 28.8 Å². The van der Waals surface area contributed by atoms with E-state index in [0.717, 1.165) is 25.7 Å². The molecule has 1 saturated carbocycles. The lowest BCUT2D eigenvalue weighted by molar-refractivity contribution is 0.0836. The summed E-state index contributed by atoms with van der Waals surface area (Å²) in [7, 11) is 0. The first-order valence-electron chi connectivity index (χ1n) is 6.02. The third kappa shape index (κ3) is 3.09. The molecule has 0 unspecified atom stereocenters. The summed E-state index contributed by atoms with van der Waals surface area (Å²) in [5, 5.41) is 20.3. The molecule has 1 aliphatic rings. The molecule has 1 fully saturated rings. The van der Waals surface area contributed by atoms with Crippen molar-refractivity contribution in [3.63, 3.8) is 0 Å². The van der Waals surface area contributed by atoms with Crippen LogP contribution in [-0.2, 0) is 0 Å². The summed E-state index contributed by atoms with van der Waals surface area (Å²) in [4.78, 5) is 0. The summed E-state index contributed by atoms with van der Waals surface area (Å²) in [5.41, 5.74) is 6.54. The van der Waals surface area contributed by atoms with E-state index in [1.807, 2.05) is 0 Å². The minimum atomic E-state index is -0.609. The fraction of sp³-hybridized carbons (Fsp3) is 0.538. The van der Waals surface area contributed by atoms with Gasteiger partial charge in [0.05, 0.1) is 17.2 Å². The van der Waals surface area contributed by atoms with E-state index in [9.17, 15) is 10.2 Å². The number of hydrogen-bond donors (Lipinski definition) is 3. The molecule has 2 rings (SSSR count). The average Bonchev–Trinajstić information content (AvgIpc) is 2.84. The van der Waals surface area contributed by atoms with Gasteiger partial charge in [-0.1, -0.05) is 36.6 Å². The molecule has 4 N–H and O–H groups in total. The Kier molecular flexibility index (Phi) is 5.73. The molecular weight excluding hydrogens is 273 g/mol. The van der Waals surface area contributed by atoms with Gasteiger partial charge in [-0.15, -0.1) is 12.4 Å². The number of hydrogen-bond acceptors (Lipinski definition) is 3. The first kappa shape index (κ1) is 15.6. The maximum atomic E-state index is 10.2. The van der Waals surface area contributed by atoms with Gasteiger partial charge in [-0.25, -0.2) is 0 Å². The molecule has 3 nitrogen and oxygen atoms in total. The van der Waals surface area contributed by atoms with Crippen molar-refractivity contribution < 1.29 is 10.2 Å². The van der Waals surface area contributed by atoms with Gasteiger partial charge in [-0.05, 0) is 24.8 Å². The fourth-order valence-corrected chi connectivity index (χ4v) is 2.76. The monoisotopic (exact) mass is 291 g/mol. The third-order valence-corrected chi connectivity index (χ3v) is 3.93. The minimum absolute atomic E-state index is 0. The van der Waals surface area contributed by atoms with E-state index >= 15 is 0 Å². The second kappa shape index (κ2) is 6.62. The highest BCUT2D eigenvalue weighted by atomic mass is 35.5. The number of nitrogens with two attached hydrogens (primary N) is 1. The lowest BCUT2D eigenvalue weighted by Crippen LogP contribution is -2.32. The van der Waals surface area contributed by atoms with Gasteiger partial charge < -0.3 is 15.9 Å². The summed E-state index contributed by atoms with van der Waals surface area (Å²) in [6, 6.07) is 4.48. The van der Waals surface area contributed by atoms with Crippen LogP contribution in [0, 0.1) is 5.92 Å². The number of aliphatic hydroxyl groups excluding tert-OH is 1. The Hall–Kier alpha value is -0.480.